The van der Waals surface area contributed by atoms with Crippen molar-refractivity contribution in [1.82, 2.24) is 0 Å². The smallest absolute Gasteiger partial charge is 0.335 e. The van der Waals surface area contributed by atoms with E-state index in [9.17, 15) is 4.79 Å². The fourth-order valence-corrected chi connectivity index (χ4v) is 0.873. The van der Waals surface area contributed by atoms with E-state index in [1.807, 2.05) is 13.8 Å². The minimum Gasteiger partial charge on any atom is -0.428 e. The Morgan fingerprint density at radius 2 is 2.20 bits per heavy atom. The van der Waals surface area contributed by atoms with Gasteiger partial charge in [-0.3, -0.25) is 0 Å². The molecule has 2 nitrogen and oxygen atoms in total. The van der Waals surface area contributed by atoms with Crippen LogP contribution >= 0.6 is 0 Å². The van der Waals surface area contributed by atoms with Crippen LogP contribution in [0.3, 0.4) is 0 Å². The molecule has 0 bridgehead atoms. The van der Waals surface area contributed by atoms with E-state index in [0.717, 1.165) is 17.7 Å². The lowest BCUT2D eigenvalue weighted by molar-refractivity contribution is 0.460. The highest BCUT2D eigenvalue weighted by Gasteiger charge is 1.96. The van der Waals surface area contributed by atoms with Crippen LogP contribution in [0.15, 0.2) is 21.3 Å². The third-order valence-corrected chi connectivity index (χ3v) is 1.45. The zero-order valence-electron chi connectivity index (χ0n) is 6.18. The largest absolute Gasteiger partial charge is 0.428 e. The van der Waals surface area contributed by atoms with Crippen molar-refractivity contribution < 1.29 is 4.42 Å². The Kier molecular flexibility index (Phi) is 1.90. The van der Waals surface area contributed by atoms with Gasteiger partial charge in [-0.15, -0.1) is 0 Å². The maximum absolute atomic E-state index is 10.6. The van der Waals surface area contributed by atoms with E-state index in [-0.39, 0.29) is 5.63 Å². The molecule has 0 spiro atoms. The zero-order valence-corrected chi connectivity index (χ0v) is 6.18. The SMILES string of the molecule is CCc1oc(=O)ccc1C. The molecule has 0 saturated carbocycles. The van der Waals surface area contributed by atoms with Crippen LogP contribution in [0, 0.1) is 6.92 Å². The average molecular weight is 138 g/mol. The third-order valence-electron chi connectivity index (χ3n) is 1.45. The molecule has 0 fully saturated rings. The number of rotatable bonds is 1. The van der Waals surface area contributed by atoms with Gasteiger partial charge in [0.2, 0.25) is 0 Å². The molecule has 54 valence electrons. The quantitative estimate of drug-likeness (QED) is 0.588. The van der Waals surface area contributed by atoms with E-state index >= 15 is 0 Å². The lowest BCUT2D eigenvalue weighted by Crippen LogP contribution is -1.99. The Balaban J connectivity index is 3.22. The summed E-state index contributed by atoms with van der Waals surface area (Å²) in [5.41, 5.74) is 0.782. The lowest BCUT2D eigenvalue weighted by atomic mass is 10.2. The Bertz CT molecular complexity index is 273. The summed E-state index contributed by atoms with van der Waals surface area (Å²) >= 11 is 0. The summed E-state index contributed by atoms with van der Waals surface area (Å²) in [7, 11) is 0. The summed E-state index contributed by atoms with van der Waals surface area (Å²) in [6.07, 6.45) is 0.780. The van der Waals surface area contributed by atoms with Crippen molar-refractivity contribution >= 4 is 0 Å². The Hall–Kier alpha value is -1.05. The molecule has 0 N–H and O–H groups in total. The van der Waals surface area contributed by atoms with Crippen molar-refractivity contribution in [3.8, 4) is 0 Å². The van der Waals surface area contributed by atoms with E-state index < -0.39 is 0 Å². The predicted molar refractivity (Wildman–Crippen MR) is 39.1 cm³/mol. The van der Waals surface area contributed by atoms with Crippen molar-refractivity contribution in [2.45, 2.75) is 20.3 Å². The number of hydrogen-bond acceptors (Lipinski definition) is 2. The lowest BCUT2D eigenvalue weighted by Gasteiger charge is -1.96. The second-order valence-corrected chi connectivity index (χ2v) is 2.21. The highest BCUT2D eigenvalue weighted by molar-refractivity contribution is 5.13. The van der Waals surface area contributed by atoms with E-state index in [0.29, 0.717) is 0 Å². The molecular formula is C8H10O2. The molecule has 1 heterocycles. The van der Waals surface area contributed by atoms with Gasteiger partial charge >= 0.3 is 5.63 Å². The first-order valence-corrected chi connectivity index (χ1v) is 3.33. The Morgan fingerprint density at radius 1 is 1.50 bits per heavy atom. The van der Waals surface area contributed by atoms with E-state index in [2.05, 4.69) is 0 Å². The molecule has 1 rings (SSSR count). The zero-order chi connectivity index (χ0) is 7.56. The van der Waals surface area contributed by atoms with Crippen LogP contribution in [0.4, 0.5) is 0 Å². The predicted octanol–water partition coefficient (Wildman–Crippen LogP) is 1.51. The summed E-state index contributed by atoms with van der Waals surface area (Å²) in [6.45, 7) is 3.90. The maximum atomic E-state index is 10.6. The van der Waals surface area contributed by atoms with Crippen LogP contribution in [0.2, 0.25) is 0 Å². The number of hydrogen-bond donors (Lipinski definition) is 0. The van der Waals surface area contributed by atoms with Crippen LogP contribution in [-0.2, 0) is 6.42 Å². The highest BCUT2D eigenvalue weighted by Crippen LogP contribution is 2.03. The van der Waals surface area contributed by atoms with Gasteiger partial charge in [-0.2, -0.15) is 0 Å². The van der Waals surface area contributed by atoms with Crippen LogP contribution in [0.1, 0.15) is 18.2 Å². The van der Waals surface area contributed by atoms with Gasteiger partial charge in [0.15, 0.2) is 0 Å². The second kappa shape index (κ2) is 2.69. The third kappa shape index (κ3) is 1.26. The molecule has 0 aromatic carbocycles. The van der Waals surface area contributed by atoms with Gasteiger partial charge in [0, 0.05) is 12.5 Å². The molecule has 2 heteroatoms. The monoisotopic (exact) mass is 138 g/mol. The maximum Gasteiger partial charge on any atom is 0.335 e. The Morgan fingerprint density at radius 3 is 2.70 bits per heavy atom. The molecule has 0 atom stereocenters. The summed E-state index contributed by atoms with van der Waals surface area (Å²) < 4.78 is 4.90. The molecule has 0 amide bonds. The minimum atomic E-state index is -0.262. The first-order chi connectivity index (χ1) is 4.74. The highest BCUT2D eigenvalue weighted by atomic mass is 16.4. The molecule has 0 saturated heterocycles. The van der Waals surface area contributed by atoms with Crippen molar-refractivity contribution in [3.63, 3.8) is 0 Å². The number of aryl methyl sites for hydroxylation is 2. The topological polar surface area (TPSA) is 30.2 Å². The summed E-state index contributed by atoms with van der Waals surface area (Å²) in [4.78, 5) is 10.6. The average Bonchev–Trinajstić information content (AvgIpc) is 1.94. The molecule has 1 aromatic heterocycles. The minimum absolute atomic E-state index is 0.262. The van der Waals surface area contributed by atoms with E-state index in [1.54, 1.807) is 6.07 Å². The molecule has 0 unspecified atom stereocenters. The standard InChI is InChI=1S/C8H10O2/c1-3-7-6(2)4-5-8(9)10-7/h4-5H,3H2,1-2H3. The second-order valence-electron chi connectivity index (χ2n) is 2.21. The van der Waals surface area contributed by atoms with Crippen molar-refractivity contribution in [1.29, 1.82) is 0 Å². The summed E-state index contributed by atoms with van der Waals surface area (Å²) in [5.74, 6) is 0.785. The molecule has 0 radical (unpaired) electrons. The van der Waals surface area contributed by atoms with Crippen LogP contribution in [0.5, 0.6) is 0 Å². The van der Waals surface area contributed by atoms with Crippen molar-refractivity contribution in [2.75, 3.05) is 0 Å². The summed E-state index contributed by atoms with van der Waals surface area (Å²) in [6, 6.07) is 3.22. The summed E-state index contributed by atoms with van der Waals surface area (Å²) in [5, 5.41) is 0. The fraction of sp³-hybridized carbons (Fsp3) is 0.375. The van der Waals surface area contributed by atoms with Gasteiger partial charge in [0.1, 0.15) is 5.76 Å². The van der Waals surface area contributed by atoms with Gasteiger partial charge < -0.3 is 4.42 Å². The van der Waals surface area contributed by atoms with Crippen LogP contribution in [0.25, 0.3) is 0 Å². The van der Waals surface area contributed by atoms with Gasteiger partial charge in [-0.05, 0) is 18.6 Å². The van der Waals surface area contributed by atoms with Gasteiger partial charge in [0.05, 0.1) is 0 Å². The van der Waals surface area contributed by atoms with Crippen LogP contribution < -0.4 is 5.63 Å². The molecule has 0 aliphatic carbocycles. The molecular weight excluding hydrogens is 128 g/mol. The first-order valence-electron chi connectivity index (χ1n) is 3.33. The van der Waals surface area contributed by atoms with Crippen molar-refractivity contribution in [2.24, 2.45) is 0 Å². The molecule has 0 aliphatic rings. The molecule has 1 aromatic rings. The normalized spacial score (nSPS) is 9.80. The van der Waals surface area contributed by atoms with E-state index in [1.165, 1.54) is 6.07 Å². The first kappa shape index (κ1) is 7.06. The van der Waals surface area contributed by atoms with Gasteiger partial charge in [0.25, 0.3) is 0 Å². The van der Waals surface area contributed by atoms with Gasteiger partial charge in [-0.25, -0.2) is 4.79 Å². The van der Waals surface area contributed by atoms with Crippen LogP contribution in [-0.4, -0.2) is 0 Å². The van der Waals surface area contributed by atoms with Gasteiger partial charge in [-0.1, -0.05) is 6.92 Å². The van der Waals surface area contributed by atoms with Crippen molar-refractivity contribution in [3.05, 3.63) is 33.9 Å². The Labute approximate surface area is 59.5 Å². The molecule has 0 aliphatic heterocycles. The molecule has 10 heavy (non-hydrogen) atoms. The van der Waals surface area contributed by atoms with E-state index in [4.69, 9.17) is 4.42 Å². The fourth-order valence-electron chi connectivity index (χ4n) is 0.873.